The molecule has 2 aromatic rings. The molecular weight excluding hydrogens is 332 g/mol. The summed E-state index contributed by atoms with van der Waals surface area (Å²) in [6.45, 7) is 2.67. The highest BCUT2D eigenvalue weighted by atomic mass is 35.5. The number of methoxy groups -OCH3 is 1. The minimum Gasteiger partial charge on any atom is -0.495 e. The van der Waals surface area contributed by atoms with Gasteiger partial charge in [0.15, 0.2) is 0 Å². The van der Waals surface area contributed by atoms with E-state index >= 15 is 0 Å². The molecule has 8 heteroatoms. The van der Waals surface area contributed by atoms with Crippen LogP contribution in [-0.2, 0) is 4.74 Å². The molecule has 1 aromatic heterocycles. The molecule has 1 aromatic carbocycles. The van der Waals surface area contributed by atoms with Crippen LogP contribution >= 0.6 is 11.6 Å². The van der Waals surface area contributed by atoms with Crippen molar-refractivity contribution >= 4 is 29.1 Å². The maximum Gasteiger partial charge on any atom is 0.274 e. The second kappa shape index (κ2) is 7.46. The lowest BCUT2D eigenvalue weighted by atomic mass is 10.3. The van der Waals surface area contributed by atoms with E-state index in [4.69, 9.17) is 21.1 Å². The van der Waals surface area contributed by atoms with Crippen LogP contribution in [0.3, 0.4) is 0 Å². The molecule has 1 fully saturated rings. The summed E-state index contributed by atoms with van der Waals surface area (Å²) in [5.41, 5.74) is 0.857. The zero-order valence-electron chi connectivity index (χ0n) is 13.2. The van der Waals surface area contributed by atoms with E-state index in [2.05, 4.69) is 15.3 Å². The molecule has 1 saturated heterocycles. The molecule has 0 bridgehead atoms. The highest BCUT2D eigenvalue weighted by Gasteiger charge is 2.16. The van der Waals surface area contributed by atoms with Crippen LogP contribution in [0, 0.1) is 0 Å². The number of rotatable bonds is 4. The summed E-state index contributed by atoms with van der Waals surface area (Å²) in [6.07, 6.45) is 1.58. The summed E-state index contributed by atoms with van der Waals surface area (Å²) < 4.78 is 10.4. The molecule has 0 spiro atoms. The Morgan fingerprint density at radius 1 is 1.33 bits per heavy atom. The fraction of sp³-hybridized carbons (Fsp3) is 0.312. The summed E-state index contributed by atoms with van der Waals surface area (Å²) in [6, 6.07) is 6.61. The quantitative estimate of drug-likeness (QED) is 0.913. The molecule has 1 amide bonds. The third-order valence-electron chi connectivity index (χ3n) is 3.58. The number of anilines is 2. The number of hydrogen-bond donors (Lipinski definition) is 1. The van der Waals surface area contributed by atoms with Crippen LogP contribution in [0.1, 0.15) is 10.5 Å². The van der Waals surface area contributed by atoms with Gasteiger partial charge in [0.1, 0.15) is 11.4 Å². The number of morpholine rings is 1. The fourth-order valence-electron chi connectivity index (χ4n) is 2.33. The van der Waals surface area contributed by atoms with Crippen molar-refractivity contribution in [3.63, 3.8) is 0 Å². The number of hydrogen-bond acceptors (Lipinski definition) is 6. The van der Waals surface area contributed by atoms with Gasteiger partial charge in [-0.2, -0.15) is 0 Å². The normalized spacial score (nSPS) is 14.3. The highest BCUT2D eigenvalue weighted by Crippen LogP contribution is 2.27. The Morgan fingerprint density at radius 2 is 2.12 bits per heavy atom. The minimum absolute atomic E-state index is 0.290. The number of amides is 1. The SMILES string of the molecule is COc1ccc(NC(=O)c2ccnc(N3CCOCC3)n2)cc1Cl. The molecule has 24 heavy (non-hydrogen) atoms. The third kappa shape index (κ3) is 3.74. The van der Waals surface area contributed by atoms with E-state index in [9.17, 15) is 4.79 Å². The average molecular weight is 349 g/mol. The molecule has 0 atom stereocenters. The molecule has 0 aliphatic carbocycles. The Morgan fingerprint density at radius 3 is 2.83 bits per heavy atom. The molecule has 0 radical (unpaired) electrons. The monoisotopic (exact) mass is 348 g/mol. The second-order valence-electron chi connectivity index (χ2n) is 5.14. The molecule has 2 heterocycles. The standard InChI is InChI=1S/C16H17ClN4O3/c1-23-14-3-2-11(10-12(14)17)19-15(22)13-4-5-18-16(20-13)21-6-8-24-9-7-21/h2-5,10H,6-9H2,1H3,(H,19,22). The number of aromatic nitrogens is 2. The molecule has 1 aliphatic rings. The fourth-order valence-corrected chi connectivity index (χ4v) is 2.59. The first-order valence-corrected chi connectivity index (χ1v) is 7.86. The lowest BCUT2D eigenvalue weighted by Crippen LogP contribution is -2.37. The zero-order chi connectivity index (χ0) is 16.9. The van der Waals surface area contributed by atoms with Crippen LogP contribution in [-0.4, -0.2) is 49.3 Å². The molecule has 7 nitrogen and oxygen atoms in total. The lowest BCUT2D eigenvalue weighted by molar-refractivity contribution is 0.102. The maximum absolute atomic E-state index is 12.4. The molecular formula is C16H17ClN4O3. The molecule has 3 rings (SSSR count). The lowest BCUT2D eigenvalue weighted by Gasteiger charge is -2.26. The summed E-state index contributed by atoms with van der Waals surface area (Å²) in [4.78, 5) is 23.0. The smallest absolute Gasteiger partial charge is 0.274 e. The Balaban J connectivity index is 1.74. The van der Waals surface area contributed by atoms with Gasteiger partial charge in [-0.25, -0.2) is 9.97 Å². The van der Waals surface area contributed by atoms with Gasteiger partial charge in [-0.15, -0.1) is 0 Å². The van der Waals surface area contributed by atoms with Crippen LogP contribution in [0.25, 0.3) is 0 Å². The van der Waals surface area contributed by atoms with Crippen molar-refractivity contribution in [2.24, 2.45) is 0 Å². The van der Waals surface area contributed by atoms with Crippen LogP contribution in [0.2, 0.25) is 5.02 Å². The first-order valence-electron chi connectivity index (χ1n) is 7.48. The highest BCUT2D eigenvalue weighted by molar-refractivity contribution is 6.32. The van der Waals surface area contributed by atoms with Crippen molar-refractivity contribution in [2.75, 3.05) is 43.6 Å². The van der Waals surface area contributed by atoms with E-state index in [1.54, 1.807) is 30.5 Å². The first kappa shape index (κ1) is 16.5. The summed E-state index contributed by atoms with van der Waals surface area (Å²) in [5.74, 6) is 0.748. The van der Waals surface area contributed by atoms with Crippen LogP contribution in [0.15, 0.2) is 30.5 Å². The number of halogens is 1. The number of benzene rings is 1. The van der Waals surface area contributed by atoms with Crippen molar-refractivity contribution < 1.29 is 14.3 Å². The van der Waals surface area contributed by atoms with Crippen molar-refractivity contribution in [1.29, 1.82) is 0 Å². The van der Waals surface area contributed by atoms with E-state index in [-0.39, 0.29) is 5.91 Å². The Hall–Kier alpha value is -2.38. The topological polar surface area (TPSA) is 76.6 Å². The van der Waals surface area contributed by atoms with Gasteiger partial charge >= 0.3 is 0 Å². The number of carbonyl (C=O) groups excluding carboxylic acids is 1. The van der Waals surface area contributed by atoms with E-state index in [1.807, 2.05) is 4.90 Å². The van der Waals surface area contributed by atoms with E-state index in [0.717, 1.165) is 0 Å². The predicted molar refractivity (Wildman–Crippen MR) is 91.0 cm³/mol. The molecule has 126 valence electrons. The van der Waals surface area contributed by atoms with Crippen LogP contribution in [0.5, 0.6) is 5.75 Å². The van der Waals surface area contributed by atoms with Crippen molar-refractivity contribution in [1.82, 2.24) is 9.97 Å². The van der Waals surface area contributed by atoms with Crippen molar-refractivity contribution in [3.8, 4) is 5.75 Å². The van der Waals surface area contributed by atoms with E-state index in [1.165, 1.54) is 7.11 Å². The van der Waals surface area contributed by atoms with Gasteiger partial charge in [-0.1, -0.05) is 11.6 Å². The molecule has 0 saturated carbocycles. The molecule has 0 unspecified atom stereocenters. The molecule has 1 N–H and O–H groups in total. The van der Waals surface area contributed by atoms with Gasteiger partial charge in [-0.3, -0.25) is 4.79 Å². The van der Waals surface area contributed by atoms with E-state index < -0.39 is 0 Å². The van der Waals surface area contributed by atoms with Gasteiger partial charge in [-0.05, 0) is 24.3 Å². The molecule has 1 aliphatic heterocycles. The largest absolute Gasteiger partial charge is 0.495 e. The van der Waals surface area contributed by atoms with Gasteiger partial charge in [0.25, 0.3) is 5.91 Å². The van der Waals surface area contributed by atoms with Crippen molar-refractivity contribution in [3.05, 3.63) is 41.2 Å². The maximum atomic E-state index is 12.4. The van der Waals surface area contributed by atoms with Gasteiger partial charge in [0.2, 0.25) is 5.95 Å². The summed E-state index contributed by atoms with van der Waals surface area (Å²) >= 11 is 6.07. The third-order valence-corrected chi connectivity index (χ3v) is 3.87. The van der Waals surface area contributed by atoms with Gasteiger partial charge in [0.05, 0.1) is 25.3 Å². The first-order chi connectivity index (χ1) is 11.7. The minimum atomic E-state index is -0.326. The summed E-state index contributed by atoms with van der Waals surface area (Å²) in [5, 5.41) is 3.19. The van der Waals surface area contributed by atoms with Crippen molar-refractivity contribution in [2.45, 2.75) is 0 Å². The van der Waals surface area contributed by atoms with Crippen LogP contribution < -0.4 is 15.0 Å². The average Bonchev–Trinajstić information content (AvgIpc) is 2.63. The number of nitrogens with one attached hydrogen (secondary N) is 1. The number of carbonyl (C=O) groups is 1. The zero-order valence-corrected chi connectivity index (χ0v) is 13.9. The number of nitrogens with zero attached hydrogens (tertiary/aromatic N) is 3. The Labute approximate surface area is 144 Å². The Kier molecular flexibility index (Phi) is 5.12. The van der Waals surface area contributed by atoms with Crippen LogP contribution in [0.4, 0.5) is 11.6 Å². The van der Waals surface area contributed by atoms with Gasteiger partial charge in [0, 0.05) is 25.0 Å². The Bertz CT molecular complexity index is 735. The number of ether oxygens (including phenoxy) is 2. The van der Waals surface area contributed by atoms with E-state index in [0.29, 0.717) is 54.4 Å². The summed E-state index contributed by atoms with van der Waals surface area (Å²) in [7, 11) is 1.54. The predicted octanol–water partition coefficient (Wildman–Crippen LogP) is 2.23. The second-order valence-corrected chi connectivity index (χ2v) is 5.55. The van der Waals surface area contributed by atoms with Gasteiger partial charge < -0.3 is 19.7 Å².